The summed E-state index contributed by atoms with van der Waals surface area (Å²) in [6.45, 7) is 1.78. The lowest BCUT2D eigenvalue weighted by Crippen LogP contribution is -2.17. The summed E-state index contributed by atoms with van der Waals surface area (Å²) in [5.41, 5.74) is 3.97. The zero-order chi connectivity index (χ0) is 27.6. The molecule has 0 bridgehead atoms. The van der Waals surface area contributed by atoms with Crippen LogP contribution in [0.4, 0.5) is 23.2 Å². The monoisotopic (exact) mass is 532 g/mol. The number of carbonyl (C=O) groups is 1. The standard InChI is InChI=1S/C29H20F4N4O2/c1-18-25(19-5-3-2-4-6-19)15-21(30)16-26(18)28(38)35-22-9-7-20(8-10-22)27-34-17-37(36-27)23-11-13-24(14-12-23)39-29(31,32)33/h2-17H,1H3,(H,35,38). The van der Waals surface area contributed by atoms with E-state index in [9.17, 15) is 22.4 Å². The van der Waals surface area contributed by atoms with Crippen molar-refractivity contribution in [2.24, 2.45) is 0 Å². The van der Waals surface area contributed by atoms with Gasteiger partial charge in [0.15, 0.2) is 5.82 Å². The number of nitrogens with zero attached hydrogens (tertiary/aromatic N) is 3. The average molecular weight is 532 g/mol. The molecule has 4 aromatic carbocycles. The molecular formula is C29H20F4N4O2. The molecule has 0 saturated carbocycles. The van der Waals surface area contributed by atoms with Crippen LogP contribution in [0.3, 0.4) is 0 Å². The Morgan fingerprint density at radius 2 is 1.59 bits per heavy atom. The Hall–Kier alpha value is -4.99. The lowest BCUT2D eigenvalue weighted by molar-refractivity contribution is -0.274. The maximum Gasteiger partial charge on any atom is 0.573 e. The summed E-state index contributed by atoms with van der Waals surface area (Å²) < 4.78 is 56.8. The second-order valence-corrected chi connectivity index (χ2v) is 8.58. The largest absolute Gasteiger partial charge is 0.573 e. The number of hydrogen-bond acceptors (Lipinski definition) is 4. The molecule has 1 amide bonds. The van der Waals surface area contributed by atoms with Crippen LogP contribution in [0.2, 0.25) is 0 Å². The third-order valence-electron chi connectivity index (χ3n) is 5.93. The van der Waals surface area contributed by atoms with Crippen molar-refractivity contribution in [1.82, 2.24) is 14.8 Å². The van der Waals surface area contributed by atoms with Crippen LogP contribution in [0, 0.1) is 12.7 Å². The van der Waals surface area contributed by atoms with Crippen molar-refractivity contribution in [3.63, 3.8) is 0 Å². The molecule has 5 rings (SSSR count). The van der Waals surface area contributed by atoms with Crippen molar-refractivity contribution >= 4 is 11.6 Å². The predicted octanol–water partition coefficient (Wildman–Crippen LogP) is 7.20. The molecule has 5 aromatic rings. The normalized spacial score (nSPS) is 11.3. The van der Waals surface area contributed by atoms with E-state index in [0.717, 1.165) is 5.56 Å². The van der Waals surface area contributed by atoms with Crippen LogP contribution in [0.5, 0.6) is 5.75 Å². The predicted molar refractivity (Wildman–Crippen MR) is 138 cm³/mol. The van der Waals surface area contributed by atoms with E-state index >= 15 is 0 Å². The van der Waals surface area contributed by atoms with Gasteiger partial charge in [-0.05, 0) is 84.3 Å². The smallest absolute Gasteiger partial charge is 0.406 e. The van der Waals surface area contributed by atoms with Gasteiger partial charge in [-0.3, -0.25) is 4.79 Å². The summed E-state index contributed by atoms with van der Waals surface area (Å²) in [7, 11) is 0. The summed E-state index contributed by atoms with van der Waals surface area (Å²) in [4.78, 5) is 17.3. The summed E-state index contributed by atoms with van der Waals surface area (Å²) >= 11 is 0. The van der Waals surface area contributed by atoms with E-state index in [1.54, 1.807) is 31.2 Å². The number of benzene rings is 4. The zero-order valence-electron chi connectivity index (χ0n) is 20.4. The highest BCUT2D eigenvalue weighted by molar-refractivity contribution is 6.06. The minimum Gasteiger partial charge on any atom is -0.406 e. The number of halogens is 4. The fraction of sp³-hybridized carbons (Fsp3) is 0.0690. The van der Waals surface area contributed by atoms with E-state index < -0.39 is 18.1 Å². The molecular weight excluding hydrogens is 512 g/mol. The Balaban J connectivity index is 1.30. The van der Waals surface area contributed by atoms with Crippen molar-refractivity contribution in [3.05, 3.63) is 114 Å². The van der Waals surface area contributed by atoms with E-state index in [4.69, 9.17) is 0 Å². The van der Waals surface area contributed by atoms with E-state index in [2.05, 4.69) is 20.1 Å². The van der Waals surface area contributed by atoms with Gasteiger partial charge in [0.1, 0.15) is 17.9 Å². The second-order valence-electron chi connectivity index (χ2n) is 8.58. The molecule has 10 heteroatoms. The van der Waals surface area contributed by atoms with Gasteiger partial charge < -0.3 is 10.1 Å². The number of rotatable bonds is 6. The number of alkyl halides is 3. The van der Waals surface area contributed by atoms with Gasteiger partial charge in [-0.25, -0.2) is 14.1 Å². The van der Waals surface area contributed by atoms with Crippen LogP contribution < -0.4 is 10.1 Å². The molecule has 0 aliphatic rings. The highest BCUT2D eigenvalue weighted by Crippen LogP contribution is 2.28. The van der Waals surface area contributed by atoms with Crippen LogP contribution in [0.1, 0.15) is 15.9 Å². The van der Waals surface area contributed by atoms with Gasteiger partial charge in [0.2, 0.25) is 0 Å². The van der Waals surface area contributed by atoms with Crippen LogP contribution in [0.15, 0.2) is 97.3 Å². The first-order valence-electron chi connectivity index (χ1n) is 11.7. The molecule has 0 radical (unpaired) electrons. The maximum absolute atomic E-state index is 14.4. The lowest BCUT2D eigenvalue weighted by atomic mass is 9.95. The summed E-state index contributed by atoms with van der Waals surface area (Å²) in [6.07, 6.45) is -3.34. The minimum atomic E-state index is -4.77. The zero-order valence-corrected chi connectivity index (χ0v) is 20.4. The van der Waals surface area contributed by atoms with Crippen molar-refractivity contribution in [2.75, 3.05) is 5.32 Å². The number of nitrogens with one attached hydrogen (secondary N) is 1. The number of aromatic nitrogens is 3. The lowest BCUT2D eigenvalue weighted by Gasteiger charge is -2.13. The van der Waals surface area contributed by atoms with Gasteiger partial charge in [-0.2, -0.15) is 0 Å². The molecule has 0 spiro atoms. The molecule has 0 unspecified atom stereocenters. The third kappa shape index (κ3) is 5.96. The summed E-state index contributed by atoms with van der Waals surface area (Å²) in [6, 6.07) is 23.9. The van der Waals surface area contributed by atoms with Gasteiger partial charge in [-0.15, -0.1) is 18.3 Å². The first kappa shape index (κ1) is 25.7. The van der Waals surface area contributed by atoms with E-state index in [1.165, 1.54) is 47.4 Å². The number of amides is 1. The molecule has 0 fully saturated rings. The number of ether oxygens (including phenoxy) is 1. The summed E-state index contributed by atoms with van der Waals surface area (Å²) in [5.74, 6) is -0.924. The van der Waals surface area contributed by atoms with Crippen molar-refractivity contribution in [3.8, 4) is 34.0 Å². The second kappa shape index (κ2) is 10.4. The third-order valence-corrected chi connectivity index (χ3v) is 5.93. The Bertz CT molecular complexity index is 1610. The molecule has 1 heterocycles. The maximum atomic E-state index is 14.4. The van der Waals surface area contributed by atoms with E-state index in [1.807, 2.05) is 30.3 Å². The fourth-order valence-corrected chi connectivity index (χ4v) is 4.05. The van der Waals surface area contributed by atoms with Crippen LogP contribution >= 0.6 is 0 Å². The van der Waals surface area contributed by atoms with Gasteiger partial charge in [0.05, 0.1) is 5.69 Å². The minimum absolute atomic E-state index is 0.227. The highest BCUT2D eigenvalue weighted by atomic mass is 19.4. The SMILES string of the molecule is Cc1c(C(=O)Nc2ccc(-c3ncn(-c4ccc(OC(F)(F)F)cc4)n3)cc2)cc(F)cc1-c1ccccc1. The first-order chi connectivity index (χ1) is 18.7. The van der Waals surface area contributed by atoms with Gasteiger partial charge >= 0.3 is 6.36 Å². The van der Waals surface area contributed by atoms with Crippen molar-refractivity contribution in [2.45, 2.75) is 13.3 Å². The Labute approximate surface area is 220 Å². The van der Waals surface area contributed by atoms with Crippen LogP contribution in [-0.2, 0) is 0 Å². The molecule has 39 heavy (non-hydrogen) atoms. The fourth-order valence-electron chi connectivity index (χ4n) is 4.05. The molecule has 1 N–H and O–H groups in total. The van der Waals surface area contributed by atoms with Crippen molar-refractivity contribution < 1.29 is 27.1 Å². The number of anilines is 1. The highest BCUT2D eigenvalue weighted by Gasteiger charge is 2.31. The van der Waals surface area contributed by atoms with Gasteiger partial charge in [-0.1, -0.05) is 30.3 Å². The van der Waals surface area contributed by atoms with Crippen molar-refractivity contribution in [1.29, 1.82) is 0 Å². The van der Waals surface area contributed by atoms with Crippen LogP contribution in [-0.4, -0.2) is 27.0 Å². The molecule has 0 atom stereocenters. The number of hydrogen-bond donors (Lipinski definition) is 1. The Morgan fingerprint density at radius 1 is 0.897 bits per heavy atom. The molecule has 1 aromatic heterocycles. The first-order valence-corrected chi connectivity index (χ1v) is 11.7. The van der Waals surface area contributed by atoms with E-state index in [-0.39, 0.29) is 11.3 Å². The average Bonchev–Trinajstić information content (AvgIpc) is 3.40. The molecule has 0 saturated heterocycles. The summed E-state index contributed by atoms with van der Waals surface area (Å²) in [5, 5.41) is 7.16. The molecule has 6 nitrogen and oxygen atoms in total. The van der Waals surface area contributed by atoms with Crippen LogP contribution in [0.25, 0.3) is 28.2 Å². The Morgan fingerprint density at radius 3 is 2.26 bits per heavy atom. The van der Waals surface area contributed by atoms with E-state index in [0.29, 0.717) is 33.9 Å². The topological polar surface area (TPSA) is 69.0 Å². The molecule has 196 valence electrons. The van der Waals surface area contributed by atoms with Gasteiger partial charge in [0.25, 0.3) is 5.91 Å². The molecule has 0 aliphatic heterocycles. The molecule has 0 aliphatic carbocycles. The van der Waals surface area contributed by atoms with Gasteiger partial charge in [0, 0.05) is 16.8 Å². The quantitative estimate of drug-likeness (QED) is 0.235. The Kier molecular flexibility index (Phi) is 6.84. The number of carbonyl (C=O) groups excluding carboxylic acids is 1.